The van der Waals surface area contributed by atoms with Crippen LogP contribution in [0.3, 0.4) is 0 Å². The molecule has 0 radical (unpaired) electrons. The summed E-state index contributed by atoms with van der Waals surface area (Å²) in [5, 5.41) is 0. The number of anilines is 1. The van der Waals surface area contributed by atoms with E-state index in [9.17, 15) is 9.59 Å². The molecule has 0 aliphatic carbocycles. The van der Waals surface area contributed by atoms with E-state index >= 15 is 0 Å². The highest BCUT2D eigenvalue weighted by Crippen LogP contribution is 2.38. The molecule has 0 bridgehead atoms. The summed E-state index contributed by atoms with van der Waals surface area (Å²) in [5.74, 6) is 0.460. The molecule has 2 aromatic carbocycles. The fraction of sp³-hybridized carbons (Fsp3) is 0.190. The number of methoxy groups -OCH3 is 1. The van der Waals surface area contributed by atoms with Crippen molar-refractivity contribution in [1.29, 1.82) is 0 Å². The first-order chi connectivity index (χ1) is 14.4. The molecular formula is C21H18BrNO5S2. The Morgan fingerprint density at radius 3 is 2.63 bits per heavy atom. The van der Waals surface area contributed by atoms with Crippen LogP contribution in [0.2, 0.25) is 0 Å². The number of halogens is 1. The summed E-state index contributed by atoms with van der Waals surface area (Å²) >= 11 is 10.0. The van der Waals surface area contributed by atoms with E-state index in [0.29, 0.717) is 32.0 Å². The summed E-state index contributed by atoms with van der Waals surface area (Å²) in [6.07, 6.45) is 1.70. The van der Waals surface area contributed by atoms with Gasteiger partial charge in [-0.1, -0.05) is 39.9 Å². The predicted octanol–water partition coefficient (Wildman–Crippen LogP) is 4.81. The zero-order valence-corrected chi connectivity index (χ0v) is 19.4. The van der Waals surface area contributed by atoms with Crippen LogP contribution in [0.4, 0.5) is 5.69 Å². The van der Waals surface area contributed by atoms with Gasteiger partial charge in [0.15, 0.2) is 10.9 Å². The Balaban J connectivity index is 1.85. The van der Waals surface area contributed by atoms with Crippen molar-refractivity contribution in [2.45, 2.75) is 6.92 Å². The van der Waals surface area contributed by atoms with E-state index in [0.717, 1.165) is 4.47 Å². The van der Waals surface area contributed by atoms with Gasteiger partial charge >= 0.3 is 5.97 Å². The molecule has 1 aliphatic heterocycles. The Morgan fingerprint density at radius 1 is 1.23 bits per heavy atom. The van der Waals surface area contributed by atoms with Gasteiger partial charge in [0.2, 0.25) is 0 Å². The maximum absolute atomic E-state index is 13.0. The van der Waals surface area contributed by atoms with Crippen LogP contribution in [0, 0.1) is 0 Å². The number of rotatable bonds is 7. The van der Waals surface area contributed by atoms with Crippen molar-refractivity contribution in [3.05, 3.63) is 57.4 Å². The number of benzene rings is 2. The second-order valence-electron chi connectivity index (χ2n) is 5.99. The molecule has 1 saturated heterocycles. The van der Waals surface area contributed by atoms with Gasteiger partial charge in [-0.05, 0) is 55.5 Å². The van der Waals surface area contributed by atoms with Crippen LogP contribution in [0.15, 0.2) is 51.8 Å². The molecule has 9 heteroatoms. The lowest BCUT2D eigenvalue weighted by molar-refractivity contribution is -0.145. The number of amides is 1. The van der Waals surface area contributed by atoms with Gasteiger partial charge in [-0.3, -0.25) is 9.69 Å². The van der Waals surface area contributed by atoms with E-state index in [1.165, 1.54) is 16.7 Å². The molecule has 0 unspecified atom stereocenters. The maximum atomic E-state index is 13.0. The minimum Gasteiger partial charge on any atom is -0.497 e. The molecule has 0 N–H and O–H groups in total. The Morgan fingerprint density at radius 2 is 1.97 bits per heavy atom. The van der Waals surface area contributed by atoms with Gasteiger partial charge in [0, 0.05) is 10.0 Å². The highest BCUT2D eigenvalue weighted by molar-refractivity contribution is 9.10. The summed E-state index contributed by atoms with van der Waals surface area (Å²) < 4.78 is 16.9. The Labute approximate surface area is 192 Å². The molecule has 2 aromatic rings. The average Bonchev–Trinajstić information content (AvgIpc) is 3.00. The standard InChI is InChI=1S/C21H18BrNO5S2/c1-3-27-19(24)12-28-17-9-4-14(22)10-13(17)11-18-20(25)23(21(29)30-18)15-5-7-16(26-2)8-6-15/h4-11H,3,12H2,1-2H3/b18-11-. The van der Waals surface area contributed by atoms with Crippen molar-refractivity contribution in [3.63, 3.8) is 0 Å². The average molecular weight is 508 g/mol. The van der Waals surface area contributed by atoms with E-state index in [1.54, 1.807) is 62.6 Å². The summed E-state index contributed by atoms with van der Waals surface area (Å²) in [5.41, 5.74) is 1.30. The second-order valence-corrected chi connectivity index (χ2v) is 8.58. The molecule has 1 amide bonds. The fourth-order valence-electron chi connectivity index (χ4n) is 2.67. The zero-order valence-electron chi connectivity index (χ0n) is 16.2. The minimum atomic E-state index is -0.461. The first-order valence-electron chi connectivity index (χ1n) is 8.93. The third-order valence-electron chi connectivity index (χ3n) is 4.03. The SMILES string of the molecule is CCOC(=O)COc1ccc(Br)cc1/C=C1\SC(=S)N(c2ccc(OC)cc2)C1=O. The van der Waals surface area contributed by atoms with Gasteiger partial charge in [-0.2, -0.15) is 0 Å². The van der Waals surface area contributed by atoms with E-state index in [4.69, 9.17) is 26.4 Å². The minimum absolute atomic E-state index is 0.219. The van der Waals surface area contributed by atoms with Crippen LogP contribution in [-0.4, -0.2) is 36.5 Å². The number of esters is 1. The molecule has 1 fully saturated rings. The lowest BCUT2D eigenvalue weighted by atomic mass is 10.2. The van der Waals surface area contributed by atoms with Crippen molar-refractivity contribution in [2.75, 3.05) is 25.2 Å². The number of ether oxygens (including phenoxy) is 3. The van der Waals surface area contributed by atoms with E-state index < -0.39 is 5.97 Å². The number of hydrogen-bond donors (Lipinski definition) is 0. The molecule has 1 heterocycles. The monoisotopic (exact) mass is 507 g/mol. The van der Waals surface area contributed by atoms with E-state index in [2.05, 4.69) is 15.9 Å². The summed E-state index contributed by atoms with van der Waals surface area (Å²) in [4.78, 5) is 26.6. The van der Waals surface area contributed by atoms with Gasteiger partial charge in [0.1, 0.15) is 11.5 Å². The Hall–Kier alpha value is -2.36. The largest absolute Gasteiger partial charge is 0.497 e. The third kappa shape index (κ3) is 5.21. The van der Waals surface area contributed by atoms with Crippen LogP contribution in [0.5, 0.6) is 11.5 Å². The molecule has 0 spiro atoms. The van der Waals surface area contributed by atoms with Crippen molar-refractivity contribution in [2.24, 2.45) is 0 Å². The van der Waals surface area contributed by atoms with Gasteiger partial charge < -0.3 is 14.2 Å². The molecule has 1 aliphatic rings. The molecule has 0 atom stereocenters. The second kappa shape index (κ2) is 10.1. The van der Waals surface area contributed by atoms with Crippen LogP contribution in [0.1, 0.15) is 12.5 Å². The zero-order chi connectivity index (χ0) is 21.7. The normalized spacial score (nSPS) is 14.9. The van der Waals surface area contributed by atoms with Gasteiger partial charge in [-0.15, -0.1) is 0 Å². The highest BCUT2D eigenvalue weighted by atomic mass is 79.9. The van der Waals surface area contributed by atoms with E-state index in [1.807, 2.05) is 0 Å². The summed E-state index contributed by atoms with van der Waals surface area (Å²) in [7, 11) is 1.58. The lowest BCUT2D eigenvalue weighted by Gasteiger charge is -2.14. The molecule has 0 saturated carbocycles. The lowest BCUT2D eigenvalue weighted by Crippen LogP contribution is -2.27. The quantitative estimate of drug-likeness (QED) is 0.302. The number of carbonyl (C=O) groups is 2. The number of carbonyl (C=O) groups excluding carboxylic acids is 2. The number of thiocarbonyl (C=S) groups is 1. The van der Waals surface area contributed by atoms with Crippen molar-refractivity contribution >= 4 is 67.9 Å². The predicted molar refractivity (Wildman–Crippen MR) is 125 cm³/mol. The first-order valence-corrected chi connectivity index (χ1v) is 10.9. The summed E-state index contributed by atoms with van der Waals surface area (Å²) in [6.45, 7) is 1.79. The van der Waals surface area contributed by atoms with Crippen molar-refractivity contribution < 1.29 is 23.8 Å². The van der Waals surface area contributed by atoms with Crippen LogP contribution < -0.4 is 14.4 Å². The molecule has 3 rings (SSSR count). The van der Waals surface area contributed by atoms with E-state index in [-0.39, 0.29) is 19.1 Å². The third-order valence-corrected chi connectivity index (χ3v) is 5.83. The van der Waals surface area contributed by atoms with Crippen molar-refractivity contribution in [3.8, 4) is 11.5 Å². The molecule has 156 valence electrons. The molecule has 6 nitrogen and oxygen atoms in total. The smallest absolute Gasteiger partial charge is 0.344 e. The molecule has 0 aromatic heterocycles. The van der Waals surface area contributed by atoms with Crippen molar-refractivity contribution in [1.82, 2.24) is 0 Å². The summed E-state index contributed by atoms with van der Waals surface area (Å²) in [6, 6.07) is 12.4. The molecule has 30 heavy (non-hydrogen) atoms. The van der Waals surface area contributed by atoms with Gasteiger partial charge in [-0.25, -0.2) is 4.79 Å². The molecular weight excluding hydrogens is 490 g/mol. The highest BCUT2D eigenvalue weighted by Gasteiger charge is 2.33. The fourth-order valence-corrected chi connectivity index (χ4v) is 4.33. The number of nitrogens with zero attached hydrogens (tertiary/aromatic N) is 1. The van der Waals surface area contributed by atoms with Gasteiger partial charge in [0.05, 0.1) is 24.3 Å². The van der Waals surface area contributed by atoms with Gasteiger partial charge in [0.25, 0.3) is 5.91 Å². The first kappa shape index (κ1) is 22.3. The Kier molecular flexibility index (Phi) is 7.52. The maximum Gasteiger partial charge on any atom is 0.344 e. The number of hydrogen-bond acceptors (Lipinski definition) is 7. The van der Waals surface area contributed by atoms with Crippen LogP contribution in [-0.2, 0) is 14.3 Å². The number of thioether (sulfide) groups is 1. The van der Waals surface area contributed by atoms with Crippen LogP contribution >= 0.6 is 39.9 Å². The Bertz CT molecular complexity index is 1010. The van der Waals surface area contributed by atoms with Crippen LogP contribution in [0.25, 0.3) is 6.08 Å². The topological polar surface area (TPSA) is 65.1 Å².